The number of carboxylic acids is 1. The summed E-state index contributed by atoms with van der Waals surface area (Å²) in [5, 5.41) is 19.3. The van der Waals surface area contributed by atoms with Gasteiger partial charge in [0.1, 0.15) is 5.78 Å². The molecule has 0 radical (unpaired) electrons. The maximum Gasteiger partial charge on any atom is 0.342 e. The Hall–Kier alpha value is -0.460. The van der Waals surface area contributed by atoms with Gasteiger partial charge in [-0.25, -0.2) is 0 Å². The number of carbonyl (C=O) groups is 1. The highest BCUT2D eigenvalue weighted by Crippen LogP contribution is 2.41. The Morgan fingerprint density at radius 3 is 2.24 bits per heavy atom. The molecule has 0 bridgehead atoms. The third kappa shape index (κ3) is 9.26. The molecule has 0 aromatic carbocycles. The summed E-state index contributed by atoms with van der Waals surface area (Å²) in [5.74, 6) is -2.25. The lowest BCUT2D eigenvalue weighted by Crippen LogP contribution is -2.33. The van der Waals surface area contributed by atoms with Crippen molar-refractivity contribution in [2.75, 3.05) is 13.2 Å². The van der Waals surface area contributed by atoms with Crippen LogP contribution >= 0.6 is 7.60 Å². The first-order valence-corrected chi connectivity index (χ1v) is 7.17. The quantitative estimate of drug-likeness (QED) is 0.281. The minimum absolute atomic E-state index is 0.110. The molecule has 0 rings (SSSR count). The molecule has 1 atom stereocenters. The molecule has 1 unspecified atom stereocenters. The zero-order valence-corrected chi connectivity index (χ0v) is 10.5. The second kappa shape index (κ2) is 8.60. The fourth-order valence-corrected chi connectivity index (χ4v) is 2.25. The molecular weight excluding hydrogens is 249 g/mol. The van der Waals surface area contributed by atoms with E-state index in [2.05, 4.69) is 5.32 Å². The number of carboxylic acid groups (broad SMARTS) is 1. The van der Waals surface area contributed by atoms with Crippen LogP contribution in [0.1, 0.15) is 32.1 Å². The second-order valence-electron chi connectivity index (χ2n) is 3.81. The predicted molar refractivity (Wildman–Crippen MR) is 61.6 cm³/mol. The highest BCUT2D eigenvalue weighted by molar-refractivity contribution is 7.52. The molecule has 0 aliphatic heterocycles. The van der Waals surface area contributed by atoms with E-state index in [1.54, 1.807) is 0 Å². The first-order chi connectivity index (χ1) is 7.88. The van der Waals surface area contributed by atoms with Crippen LogP contribution in [0.25, 0.3) is 0 Å². The zero-order chi connectivity index (χ0) is 13.3. The average molecular weight is 269 g/mol. The van der Waals surface area contributed by atoms with Gasteiger partial charge in [0.15, 0.2) is 0 Å². The molecule has 8 heteroatoms. The van der Waals surface area contributed by atoms with Gasteiger partial charge in [-0.15, -0.1) is 0 Å². The Morgan fingerprint density at radius 1 is 1.18 bits per heavy atom. The summed E-state index contributed by atoms with van der Waals surface area (Å²) in [4.78, 5) is 28.3. The summed E-state index contributed by atoms with van der Waals surface area (Å²) >= 11 is 0. The number of rotatable bonds is 10. The zero-order valence-electron chi connectivity index (χ0n) is 9.58. The summed E-state index contributed by atoms with van der Waals surface area (Å²) < 4.78 is 11.1. The number of unbranched alkanes of at least 4 members (excludes halogenated alkanes) is 3. The van der Waals surface area contributed by atoms with Crippen molar-refractivity contribution in [3.05, 3.63) is 0 Å². The number of nitrogens with one attached hydrogen (secondary N) is 1. The summed E-state index contributed by atoms with van der Waals surface area (Å²) in [5.41, 5.74) is 0. The van der Waals surface area contributed by atoms with Crippen LogP contribution < -0.4 is 5.32 Å². The fraction of sp³-hybridized carbons (Fsp3) is 0.889. The smallest absolute Gasteiger partial charge is 0.342 e. The molecule has 0 aliphatic carbocycles. The van der Waals surface area contributed by atoms with Crippen molar-refractivity contribution in [2.45, 2.75) is 37.9 Å². The maximum atomic E-state index is 11.1. The normalized spacial score (nSPS) is 13.6. The van der Waals surface area contributed by atoms with Gasteiger partial charge in [0.2, 0.25) is 0 Å². The van der Waals surface area contributed by atoms with Crippen molar-refractivity contribution in [1.82, 2.24) is 5.32 Å². The summed E-state index contributed by atoms with van der Waals surface area (Å²) in [6.45, 7) is -0.356. The van der Waals surface area contributed by atoms with E-state index in [9.17, 15) is 9.36 Å². The Bertz CT molecular complexity index is 266. The van der Waals surface area contributed by atoms with E-state index in [4.69, 9.17) is 20.0 Å². The molecule has 17 heavy (non-hydrogen) atoms. The van der Waals surface area contributed by atoms with E-state index in [1.165, 1.54) is 0 Å². The predicted octanol–water partition coefficient (Wildman–Crippen LogP) is 0.107. The molecule has 0 aromatic heterocycles. The van der Waals surface area contributed by atoms with E-state index in [0.29, 0.717) is 12.8 Å². The van der Waals surface area contributed by atoms with Gasteiger partial charge in [0.05, 0.1) is 6.54 Å². The van der Waals surface area contributed by atoms with E-state index < -0.39 is 25.9 Å². The number of aliphatic hydroxyl groups is 1. The van der Waals surface area contributed by atoms with E-state index in [0.717, 1.165) is 12.8 Å². The SMILES string of the molecule is O=C(O)CNC(CCCCCCO)P(=O)(O)O. The van der Waals surface area contributed by atoms with Gasteiger partial charge in [0, 0.05) is 6.61 Å². The molecule has 102 valence electrons. The van der Waals surface area contributed by atoms with Crippen LogP contribution in [0.15, 0.2) is 0 Å². The van der Waals surface area contributed by atoms with Crippen molar-refractivity contribution in [2.24, 2.45) is 0 Å². The summed E-state index contributed by atoms with van der Waals surface area (Å²) in [6.07, 6.45) is 3.03. The number of hydrogen-bond donors (Lipinski definition) is 5. The minimum Gasteiger partial charge on any atom is -0.480 e. The van der Waals surface area contributed by atoms with E-state index in [-0.39, 0.29) is 13.0 Å². The molecule has 0 aromatic rings. The summed E-state index contributed by atoms with van der Waals surface area (Å²) in [7, 11) is -4.31. The average Bonchev–Trinajstić information content (AvgIpc) is 2.19. The van der Waals surface area contributed by atoms with E-state index >= 15 is 0 Å². The van der Waals surface area contributed by atoms with Gasteiger partial charge >= 0.3 is 13.6 Å². The van der Waals surface area contributed by atoms with Gasteiger partial charge in [-0.05, 0) is 12.8 Å². The van der Waals surface area contributed by atoms with Crippen LogP contribution in [0.5, 0.6) is 0 Å². The lowest BCUT2D eigenvalue weighted by atomic mass is 10.1. The van der Waals surface area contributed by atoms with Crippen LogP contribution in [0.2, 0.25) is 0 Å². The maximum absolute atomic E-state index is 11.1. The molecule has 0 spiro atoms. The molecule has 7 nitrogen and oxygen atoms in total. The van der Waals surface area contributed by atoms with Gasteiger partial charge in [-0.1, -0.05) is 19.3 Å². The Balaban J connectivity index is 3.95. The Morgan fingerprint density at radius 2 is 1.76 bits per heavy atom. The molecular formula is C9H20NO6P. The monoisotopic (exact) mass is 269 g/mol. The molecule has 0 fully saturated rings. The Labute approximate surface area is 100 Å². The molecule has 0 aliphatic rings. The van der Waals surface area contributed by atoms with Gasteiger partial charge in [-0.3, -0.25) is 14.7 Å². The van der Waals surface area contributed by atoms with Crippen LogP contribution in [-0.2, 0) is 9.36 Å². The lowest BCUT2D eigenvalue weighted by molar-refractivity contribution is -0.136. The highest BCUT2D eigenvalue weighted by atomic mass is 31.2. The molecule has 0 heterocycles. The van der Waals surface area contributed by atoms with Crippen molar-refractivity contribution in [1.29, 1.82) is 0 Å². The molecule has 0 amide bonds. The van der Waals surface area contributed by atoms with Gasteiger partial charge < -0.3 is 20.0 Å². The van der Waals surface area contributed by atoms with Crippen LogP contribution in [-0.4, -0.2) is 44.9 Å². The Kier molecular flexibility index (Phi) is 8.37. The van der Waals surface area contributed by atoms with Gasteiger partial charge in [0.25, 0.3) is 0 Å². The minimum atomic E-state index is -4.31. The number of aliphatic hydroxyl groups excluding tert-OH is 1. The first kappa shape index (κ1) is 16.5. The standard InChI is InChI=1S/C9H20NO6P/c11-6-4-2-1-3-5-8(17(14,15)16)10-7-9(12)13/h8,10-11H,1-7H2,(H,12,13)(H2,14,15,16). The number of hydrogen-bond acceptors (Lipinski definition) is 4. The van der Waals surface area contributed by atoms with Crippen LogP contribution in [0.3, 0.4) is 0 Å². The topological polar surface area (TPSA) is 127 Å². The van der Waals surface area contributed by atoms with Crippen LogP contribution in [0, 0.1) is 0 Å². The largest absolute Gasteiger partial charge is 0.480 e. The van der Waals surface area contributed by atoms with Crippen molar-refractivity contribution < 1.29 is 29.4 Å². The third-order valence-corrected chi connectivity index (χ3v) is 3.53. The molecule has 5 N–H and O–H groups in total. The third-order valence-electron chi connectivity index (χ3n) is 2.28. The first-order valence-electron chi connectivity index (χ1n) is 5.49. The fourth-order valence-electron chi connectivity index (χ4n) is 1.40. The van der Waals surface area contributed by atoms with Gasteiger partial charge in [-0.2, -0.15) is 0 Å². The number of aliphatic carboxylic acids is 1. The second-order valence-corrected chi connectivity index (χ2v) is 5.61. The highest BCUT2D eigenvalue weighted by Gasteiger charge is 2.28. The summed E-state index contributed by atoms with van der Waals surface area (Å²) in [6, 6.07) is 0. The van der Waals surface area contributed by atoms with Crippen LogP contribution in [0.4, 0.5) is 0 Å². The van der Waals surface area contributed by atoms with Crippen molar-refractivity contribution in [3.63, 3.8) is 0 Å². The molecule has 0 saturated heterocycles. The van der Waals surface area contributed by atoms with E-state index in [1.807, 2.05) is 0 Å². The lowest BCUT2D eigenvalue weighted by Gasteiger charge is -2.18. The van der Waals surface area contributed by atoms with Crippen molar-refractivity contribution >= 4 is 13.6 Å². The molecule has 0 saturated carbocycles. The van der Waals surface area contributed by atoms with Crippen molar-refractivity contribution in [3.8, 4) is 0 Å².